The summed E-state index contributed by atoms with van der Waals surface area (Å²) in [7, 11) is 1.56. The highest BCUT2D eigenvalue weighted by Gasteiger charge is 2.14. The van der Waals surface area contributed by atoms with E-state index in [4.69, 9.17) is 16.3 Å². The fourth-order valence-corrected chi connectivity index (χ4v) is 2.03. The first-order valence-electron chi connectivity index (χ1n) is 7.05. The largest absolute Gasteiger partial charge is 0.497 e. The number of hydrogen-bond donors (Lipinski definition) is 2. The molecular formula is C17H16ClN3O3. The van der Waals surface area contributed by atoms with Crippen molar-refractivity contribution >= 4 is 35.3 Å². The molecule has 7 heteroatoms. The van der Waals surface area contributed by atoms with Gasteiger partial charge in [-0.2, -0.15) is 5.10 Å². The lowest BCUT2D eigenvalue weighted by Crippen LogP contribution is -2.32. The number of rotatable bonds is 4. The molecule has 0 radical (unpaired) electrons. The molecule has 0 fully saturated rings. The van der Waals surface area contributed by atoms with Crippen molar-refractivity contribution in [3.63, 3.8) is 0 Å². The summed E-state index contributed by atoms with van der Waals surface area (Å²) in [5, 5.41) is 6.74. The van der Waals surface area contributed by atoms with E-state index < -0.39 is 11.8 Å². The van der Waals surface area contributed by atoms with Crippen molar-refractivity contribution in [1.29, 1.82) is 0 Å². The molecule has 0 unspecified atom stereocenters. The zero-order chi connectivity index (χ0) is 17.5. The van der Waals surface area contributed by atoms with E-state index in [9.17, 15) is 9.59 Å². The lowest BCUT2D eigenvalue weighted by molar-refractivity contribution is -0.136. The second-order valence-electron chi connectivity index (χ2n) is 4.84. The van der Waals surface area contributed by atoms with Gasteiger partial charge in [0.2, 0.25) is 0 Å². The Labute approximate surface area is 144 Å². The van der Waals surface area contributed by atoms with Crippen molar-refractivity contribution in [2.45, 2.75) is 6.92 Å². The summed E-state index contributed by atoms with van der Waals surface area (Å²) in [6.07, 6.45) is 1.42. The Hall–Kier alpha value is -2.86. The van der Waals surface area contributed by atoms with Crippen molar-refractivity contribution in [3.05, 3.63) is 58.6 Å². The lowest BCUT2D eigenvalue weighted by atomic mass is 10.2. The van der Waals surface area contributed by atoms with Crippen molar-refractivity contribution in [2.75, 3.05) is 12.4 Å². The van der Waals surface area contributed by atoms with Crippen LogP contribution in [-0.2, 0) is 9.59 Å². The van der Waals surface area contributed by atoms with Gasteiger partial charge in [-0.3, -0.25) is 9.59 Å². The number of carbonyl (C=O) groups excluding carboxylic acids is 2. The first kappa shape index (κ1) is 17.5. The van der Waals surface area contributed by atoms with Gasteiger partial charge in [0, 0.05) is 10.7 Å². The molecular weight excluding hydrogens is 330 g/mol. The van der Waals surface area contributed by atoms with Crippen molar-refractivity contribution in [1.82, 2.24) is 5.43 Å². The number of methoxy groups -OCH3 is 1. The molecule has 0 spiro atoms. The van der Waals surface area contributed by atoms with Gasteiger partial charge in [0.15, 0.2) is 0 Å². The Morgan fingerprint density at radius 1 is 1.17 bits per heavy atom. The third-order valence-electron chi connectivity index (χ3n) is 3.20. The number of hydrazone groups is 1. The summed E-state index contributed by atoms with van der Waals surface area (Å²) in [5.74, 6) is -1.05. The van der Waals surface area contributed by atoms with Crippen LogP contribution in [0.3, 0.4) is 0 Å². The monoisotopic (exact) mass is 345 g/mol. The highest BCUT2D eigenvalue weighted by molar-refractivity contribution is 6.40. The minimum atomic E-state index is -0.881. The molecule has 0 aliphatic rings. The molecule has 24 heavy (non-hydrogen) atoms. The molecule has 6 nitrogen and oxygen atoms in total. The standard InChI is InChI=1S/C17H16ClN3O3/c1-11-14(18)7-4-8-15(11)20-16(22)17(23)21-19-10-12-5-3-6-13(9-12)24-2/h3-10H,1-2H3,(H,20,22)(H,21,23)/b19-10-. The maximum Gasteiger partial charge on any atom is 0.329 e. The SMILES string of the molecule is COc1cccc(/C=N\NC(=O)C(=O)Nc2cccc(Cl)c2C)c1. The molecule has 2 amide bonds. The van der Waals surface area contributed by atoms with E-state index in [0.717, 1.165) is 5.56 Å². The summed E-state index contributed by atoms with van der Waals surface area (Å²) in [6, 6.07) is 12.1. The maximum absolute atomic E-state index is 11.9. The quantitative estimate of drug-likeness (QED) is 0.508. The van der Waals surface area contributed by atoms with Crippen LogP contribution in [0.15, 0.2) is 47.6 Å². The fraction of sp³-hybridized carbons (Fsp3) is 0.118. The van der Waals surface area contributed by atoms with Crippen molar-refractivity contribution in [2.24, 2.45) is 5.10 Å². The molecule has 0 heterocycles. The van der Waals surface area contributed by atoms with Crippen molar-refractivity contribution in [3.8, 4) is 5.75 Å². The van der Waals surface area contributed by atoms with E-state index in [2.05, 4.69) is 15.8 Å². The first-order valence-corrected chi connectivity index (χ1v) is 7.42. The number of nitrogens with zero attached hydrogens (tertiary/aromatic N) is 1. The van der Waals surface area contributed by atoms with Crippen LogP contribution >= 0.6 is 11.6 Å². The topological polar surface area (TPSA) is 79.8 Å². The van der Waals surface area contributed by atoms with Crippen LogP contribution < -0.4 is 15.5 Å². The van der Waals surface area contributed by atoms with Gasteiger partial charge in [-0.05, 0) is 42.3 Å². The molecule has 0 saturated carbocycles. The minimum absolute atomic E-state index is 0.472. The van der Waals surface area contributed by atoms with Crippen LogP contribution in [0.2, 0.25) is 5.02 Å². The highest BCUT2D eigenvalue weighted by Crippen LogP contribution is 2.22. The Morgan fingerprint density at radius 3 is 2.67 bits per heavy atom. The summed E-state index contributed by atoms with van der Waals surface area (Å²) >= 11 is 5.97. The molecule has 0 aliphatic heterocycles. The third kappa shape index (κ3) is 4.57. The first-order chi connectivity index (χ1) is 11.5. The van der Waals surface area contributed by atoms with Gasteiger partial charge in [-0.15, -0.1) is 0 Å². The van der Waals surface area contributed by atoms with Gasteiger partial charge in [0.05, 0.1) is 13.3 Å². The Bertz CT molecular complexity index is 790. The van der Waals surface area contributed by atoms with Crippen LogP contribution in [0.1, 0.15) is 11.1 Å². The zero-order valence-corrected chi connectivity index (χ0v) is 13.9. The van der Waals surface area contributed by atoms with Crippen LogP contribution in [0, 0.1) is 6.92 Å². The summed E-state index contributed by atoms with van der Waals surface area (Å²) in [6.45, 7) is 1.75. The summed E-state index contributed by atoms with van der Waals surface area (Å²) in [5.41, 5.74) is 4.04. The molecule has 0 atom stereocenters. The van der Waals surface area contributed by atoms with Crippen LogP contribution in [0.25, 0.3) is 0 Å². The molecule has 2 rings (SSSR count). The average Bonchev–Trinajstić information content (AvgIpc) is 2.59. The number of benzene rings is 2. The van der Waals surface area contributed by atoms with E-state index in [1.807, 2.05) is 0 Å². The van der Waals surface area contributed by atoms with Crippen LogP contribution in [0.5, 0.6) is 5.75 Å². The van der Waals surface area contributed by atoms with Gasteiger partial charge >= 0.3 is 11.8 Å². The normalized spacial score (nSPS) is 10.5. The summed E-state index contributed by atoms with van der Waals surface area (Å²) < 4.78 is 5.08. The number of anilines is 1. The van der Waals surface area contributed by atoms with Gasteiger partial charge in [0.1, 0.15) is 5.75 Å². The van der Waals surface area contributed by atoms with E-state index in [1.165, 1.54) is 6.21 Å². The number of nitrogens with one attached hydrogen (secondary N) is 2. The highest BCUT2D eigenvalue weighted by atomic mass is 35.5. The fourth-order valence-electron chi connectivity index (χ4n) is 1.86. The number of ether oxygens (including phenoxy) is 1. The molecule has 0 aliphatic carbocycles. The Kier molecular flexibility index (Phi) is 5.92. The third-order valence-corrected chi connectivity index (χ3v) is 3.61. The molecule has 2 N–H and O–H groups in total. The number of carbonyl (C=O) groups is 2. The molecule has 0 bridgehead atoms. The summed E-state index contributed by atoms with van der Waals surface area (Å²) in [4.78, 5) is 23.6. The number of amides is 2. The second kappa shape index (κ2) is 8.12. The molecule has 124 valence electrons. The number of halogens is 1. The predicted octanol–water partition coefficient (Wildman–Crippen LogP) is 2.75. The van der Waals surface area contributed by atoms with Crippen molar-refractivity contribution < 1.29 is 14.3 Å². The van der Waals surface area contributed by atoms with Crippen LogP contribution in [0.4, 0.5) is 5.69 Å². The zero-order valence-electron chi connectivity index (χ0n) is 13.2. The second-order valence-corrected chi connectivity index (χ2v) is 5.25. The smallest absolute Gasteiger partial charge is 0.329 e. The van der Waals surface area contributed by atoms with Gasteiger partial charge in [-0.25, -0.2) is 5.43 Å². The number of hydrogen-bond acceptors (Lipinski definition) is 4. The molecule has 2 aromatic carbocycles. The Morgan fingerprint density at radius 2 is 1.92 bits per heavy atom. The average molecular weight is 346 g/mol. The molecule has 0 saturated heterocycles. The minimum Gasteiger partial charge on any atom is -0.497 e. The van der Waals surface area contributed by atoms with E-state index in [1.54, 1.807) is 56.5 Å². The predicted molar refractivity (Wildman–Crippen MR) is 93.5 cm³/mol. The molecule has 0 aromatic heterocycles. The van der Waals surface area contributed by atoms with Gasteiger partial charge in [0.25, 0.3) is 0 Å². The maximum atomic E-state index is 11.9. The van der Waals surface area contributed by atoms with E-state index in [0.29, 0.717) is 22.0 Å². The van der Waals surface area contributed by atoms with E-state index in [-0.39, 0.29) is 0 Å². The van der Waals surface area contributed by atoms with Crippen LogP contribution in [-0.4, -0.2) is 25.1 Å². The van der Waals surface area contributed by atoms with E-state index >= 15 is 0 Å². The molecule has 2 aromatic rings. The van der Waals surface area contributed by atoms with Gasteiger partial charge in [-0.1, -0.05) is 29.8 Å². The Balaban J connectivity index is 1.95. The van der Waals surface area contributed by atoms with Gasteiger partial charge < -0.3 is 10.1 Å². The lowest BCUT2D eigenvalue weighted by Gasteiger charge is -2.08.